The SMILES string of the molecule is CC(NS(=O)(=O)C(C)C)c1ccc2c(c1)CCCC2. The van der Waals surface area contributed by atoms with E-state index in [9.17, 15) is 8.42 Å². The van der Waals surface area contributed by atoms with Crippen LogP contribution in [0.3, 0.4) is 0 Å². The van der Waals surface area contributed by atoms with Gasteiger partial charge in [-0.1, -0.05) is 18.2 Å². The minimum absolute atomic E-state index is 0.167. The summed E-state index contributed by atoms with van der Waals surface area (Å²) in [5.41, 5.74) is 3.87. The van der Waals surface area contributed by atoms with Gasteiger partial charge in [0.05, 0.1) is 5.25 Å². The molecule has 0 saturated carbocycles. The molecule has 19 heavy (non-hydrogen) atoms. The van der Waals surface area contributed by atoms with E-state index in [0.29, 0.717) is 0 Å². The molecule has 106 valence electrons. The second-order valence-electron chi connectivity index (χ2n) is 5.67. The number of rotatable bonds is 4. The summed E-state index contributed by atoms with van der Waals surface area (Å²) in [6, 6.07) is 6.21. The van der Waals surface area contributed by atoms with E-state index < -0.39 is 15.3 Å². The molecule has 4 heteroatoms. The molecule has 0 heterocycles. The lowest BCUT2D eigenvalue weighted by molar-refractivity contribution is 0.557. The van der Waals surface area contributed by atoms with Gasteiger partial charge in [0.25, 0.3) is 0 Å². The zero-order valence-corrected chi connectivity index (χ0v) is 12.8. The van der Waals surface area contributed by atoms with E-state index >= 15 is 0 Å². The van der Waals surface area contributed by atoms with Crippen molar-refractivity contribution < 1.29 is 8.42 Å². The Morgan fingerprint density at radius 1 is 1.05 bits per heavy atom. The van der Waals surface area contributed by atoms with Crippen molar-refractivity contribution in [3.63, 3.8) is 0 Å². The van der Waals surface area contributed by atoms with Gasteiger partial charge in [-0.05, 0) is 63.1 Å². The van der Waals surface area contributed by atoms with Crippen molar-refractivity contribution in [2.75, 3.05) is 0 Å². The lowest BCUT2D eigenvalue weighted by Crippen LogP contribution is -2.33. The Balaban J connectivity index is 2.18. The standard InChI is InChI=1S/C15H23NO2S/c1-11(2)19(17,18)16-12(3)14-9-8-13-6-4-5-7-15(13)10-14/h8-12,16H,4-7H2,1-3H3. The highest BCUT2D eigenvalue weighted by Crippen LogP contribution is 2.25. The van der Waals surface area contributed by atoms with E-state index in [2.05, 4.69) is 22.9 Å². The summed E-state index contributed by atoms with van der Waals surface area (Å²) in [6.45, 7) is 5.30. The maximum absolute atomic E-state index is 11.9. The largest absolute Gasteiger partial charge is 0.214 e. The van der Waals surface area contributed by atoms with Crippen LogP contribution in [-0.4, -0.2) is 13.7 Å². The normalized spacial score (nSPS) is 17.3. The zero-order chi connectivity index (χ0) is 14.0. The van der Waals surface area contributed by atoms with Crippen LogP contribution in [0, 0.1) is 0 Å². The number of benzene rings is 1. The molecule has 1 aromatic carbocycles. The van der Waals surface area contributed by atoms with Gasteiger partial charge < -0.3 is 0 Å². The number of hydrogen-bond acceptors (Lipinski definition) is 2. The molecule has 3 nitrogen and oxygen atoms in total. The van der Waals surface area contributed by atoms with Gasteiger partial charge in [0.2, 0.25) is 10.0 Å². The van der Waals surface area contributed by atoms with Crippen LogP contribution in [0.4, 0.5) is 0 Å². The fourth-order valence-electron chi connectivity index (χ4n) is 2.47. The van der Waals surface area contributed by atoms with Crippen LogP contribution in [0.1, 0.15) is 56.3 Å². The minimum atomic E-state index is -3.22. The van der Waals surface area contributed by atoms with E-state index in [4.69, 9.17) is 0 Å². The number of sulfonamides is 1. The third-order valence-corrected chi connectivity index (χ3v) is 5.76. The molecule has 1 aliphatic rings. The maximum atomic E-state index is 11.9. The monoisotopic (exact) mass is 281 g/mol. The van der Waals surface area contributed by atoms with E-state index in [1.54, 1.807) is 13.8 Å². The minimum Gasteiger partial charge on any atom is -0.212 e. The summed E-state index contributed by atoms with van der Waals surface area (Å²) in [7, 11) is -3.22. The van der Waals surface area contributed by atoms with Gasteiger partial charge in [-0.2, -0.15) is 0 Å². The Morgan fingerprint density at radius 2 is 1.68 bits per heavy atom. The average Bonchev–Trinajstić information content (AvgIpc) is 2.37. The molecular formula is C15H23NO2S. The molecule has 0 aromatic heterocycles. The van der Waals surface area contributed by atoms with Gasteiger partial charge >= 0.3 is 0 Å². The van der Waals surface area contributed by atoms with Crippen LogP contribution in [0.15, 0.2) is 18.2 Å². The van der Waals surface area contributed by atoms with E-state index in [1.165, 1.54) is 24.0 Å². The van der Waals surface area contributed by atoms with Crippen LogP contribution in [0.25, 0.3) is 0 Å². The predicted molar refractivity (Wildman–Crippen MR) is 78.7 cm³/mol. The highest BCUT2D eigenvalue weighted by molar-refractivity contribution is 7.90. The molecule has 1 N–H and O–H groups in total. The number of nitrogens with one attached hydrogen (secondary N) is 1. The third-order valence-electron chi connectivity index (χ3n) is 3.83. The molecule has 0 spiro atoms. The number of hydrogen-bond donors (Lipinski definition) is 1. The van der Waals surface area contributed by atoms with Crippen LogP contribution in [-0.2, 0) is 22.9 Å². The zero-order valence-electron chi connectivity index (χ0n) is 11.9. The molecular weight excluding hydrogens is 258 g/mol. The summed E-state index contributed by atoms with van der Waals surface area (Å²) in [5, 5.41) is -0.396. The molecule has 2 rings (SSSR count). The molecule has 1 unspecified atom stereocenters. The topological polar surface area (TPSA) is 46.2 Å². The fraction of sp³-hybridized carbons (Fsp3) is 0.600. The van der Waals surface area contributed by atoms with Crippen LogP contribution >= 0.6 is 0 Å². The summed E-state index contributed by atoms with van der Waals surface area (Å²) in [4.78, 5) is 0. The van der Waals surface area contributed by atoms with Crippen molar-refractivity contribution in [2.24, 2.45) is 0 Å². The van der Waals surface area contributed by atoms with Crippen molar-refractivity contribution in [3.05, 3.63) is 34.9 Å². The summed E-state index contributed by atoms with van der Waals surface area (Å²) < 4.78 is 26.5. The Kier molecular flexibility index (Phi) is 4.31. The summed E-state index contributed by atoms with van der Waals surface area (Å²) in [6.07, 6.45) is 4.78. The lowest BCUT2D eigenvalue weighted by atomic mass is 9.89. The first-order chi connectivity index (χ1) is 8.90. The molecule has 1 atom stereocenters. The lowest BCUT2D eigenvalue weighted by Gasteiger charge is -2.20. The van der Waals surface area contributed by atoms with Crippen molar-refractivity contribution in [1.82, 2.24) is 4.72 Å². The van der Waals surface area contributed by atoms with Crippen molar-refractivity contribution in [2.45, 2.75) is 57.7 Å². The third kappa shape index (κ3) is 3.37. The maximum Gasteiger partial charge on any atom is 0.214 e. The van der Waals surface area contributed by atoms with Gasteiger partial charge in [-0.3, -0.25) is 0 Å². The molecule has 0 bridgehead atoms. The van der Waals surface area contributed by atoms with E-state index in [0.717, 1.165) is 18.4 Å². The second kappa shape index (κ2) is 5.63. The molecule has 0 amide bonds. The smallest absolute Gasteiger partial charge is 0.212 e. The highest BCUT2D eigenvalue weighted by atomic mass is 32.2. The van der Waals surface area contributed by atoms with E-state index in [1.807, 2.05) is 6.92 Å². The molecule has 0 radical (unpaired) electrons. The van der Waals surface area contributed by atoms with Gasteiger partial charge in [0.1, 0.15) is 0 Å². The van der Waals surface area contributed by atoms with E-state index in [-0.39, 0.29) is 6.04 Å². The average molecular weight is 281 g/mol. The van der Waals surface area contributed by atoms with Crippen molar-refractivity contribution >= 4 is 10.0 Å². The van der Waals surface area contributed by atoms with Gasteiger partial charge in [0.15, 0.2) is 0 Å². The van der Waals surface area contributed by atoms with Crippen LogP contribution in [0.5, 0.6) is 0 Å². The Hall–Kier alpha value is -0.870. The molecule has 1 aliphatic carbocycles. The molecule has 0 aliphatic heterocycles. The predicted octanol–water partition coefficient (Wildman–Crippen LogP) is 2.95. The Morgan fingerprint density at radius 3 is 2.32 bits per heavy atom. The molecule has 0 saturated heterocycles. The highest BCUT2D eigenvalue weighted by Gasteiger charge is 2.20. The fourth-order valence-corrected chi connectivity index (χ4v) is 3.37. The first kappa shape index (κ1) is 14.5. The first-order valence-electron chi connectivity index (χ1n) is 7.03. The van der Waals surface area contributed by atoms with Crippen LogP contribution in [0.2, 0.25) is 0 Å². The van der Waals surface area contributed by atoms with Gasteiger partial charge in [-0.25, -0.2) is 13.1 Å². The Labute approximate surface area is 116 Å². The van der Waals surface area contributed by atoms with Crippen molar-refractivity contribution in [3.8, 4) is 0 Å². The molecule has 0 fully saturated rings. The number of aryl methyl sites for hydroxylation is 2. The quantitative estimate of drug-likeness (QED) is 0.922. The summed E-state index contributed by atoms with van der Waals surface area (Å²) in [5.74, 6) is 0. The van der Waals surface area contributed by atoms with Crippen molar-refractivity contribution in [1.29, 1.82) is 0 Å². The number of fused-ring (bicyclic) bond motifs is 1. The summed E-state index contributed by atoms with van der Waals surface area (Å²) >= 11 is 0. The van der Waals surface area contributed by atoms with Gasteiger partial charge in [0, 0.05) is 6.04 Å². The van der Waals surface area contributed by atoms with Gasteiger partial charge in [-0.15, -0.1) is 0 Å². The van der Waals surface area contributed by atoms with Crippen LogP contribution < -0.4 is 4.72 Å². The molecule has 1 aromatic rings. The Bertz CT molecular complexity index is 549. The second-order valence-corrected chi connectivity index (χ2v) is 7.94. The first-order valence-corrected chi connectivity index (χ1v) is 8.57.